The molecule has 2 aromatic rings. The summed E-state index contributed by atoms with van der Waals surface area (Å²) in [6.07, 6.45) is 3.21. The number of likely N-dealkylation sites (tertiary alicyclic amines) is 1. The molecule has 0 aliphatic carbocycles. The third-order valence-corrected chi connectivity index (χ3v) is 4.55. The van der Waals surface area contributed by atoms with Gasteiger partial charge in [-0.3, -0.25) is 9.78 Å². The fourth-order valence-corrected chi connectivity index (χ4v) is 3.28. The molecule has 1 aliphatic rings. The van der Waals surface area contributed by atoms with E-state index in [1.54, 1.807) is 0 Å². The summed E-state index contributed by atoms with van der Waals surface area (Å²) in [6.45, 7) is 5.29. The highest BCUT2D eigenvalue weighted by Gasteiger charge is 2.27. The van der Waals surface area contributed by atoms with E-state index in [2.05, 4.69) is 18.0 Å². The number of piperidine rings is 1. The van der Waals surface area contributed by atoms with Crippen molar-refractivity contribution < 1.29 is 4.79 Å². The third-order valence-electron chi connectivity index (χ3n) is 4.55. The van der Waals surface area contributed by atoms with Crippen molar-refractivity contribution >= 4 is 16.8 Å². The molecular formula is C18H23N3O. The molecule has 4 nitrogen and oxygen atoms in total. The average molecular weight is 297 g/mol. The number of aryl methyl sites for hydroxylation is 2. The van der Waals surface area contributed by atoms with Gasteiger partial charge in [-0.25, -0.2) is 0 Å². The van der Waals surface area contributed by atoms with Gasteiger partial charge in [0.05, 0.1) is 16.8 Å². The van der Waals surface area contributed by atoms with Gasteiger partial charge in [-0.05, 0) is 51.3 Å². The molecule has 0 spiro atoms. The number of aromatic nitrogens is 1. The molecule has 1 saturated heterocycles. The summed E-state index contributed by atoms with van der Waals surface area (Å²) < 4.78 is 0. The fourth-order valence-electron chi connectivity index (χ4n) is 3.28. The Morgan fingerprint density at radius 2 is 2.14 bits per heavy atom. The second-order valence-corrected chi connectivity index (χ2v) is 6.20. The molecule has 0 radical (unpaired) electrons. The zero-order valence-electron chi connectivity index (χ0n) is 13.3. The van der Waals surface area contributed by atoms with Crippen molar-refractivity contribution in [1.29, 1.82) is 0 Å². The number of carbonyl (C=O) groups excluding carboxylic acids is 1. The van der Waals surface area contributed by atoms with Crippen LogP contribution in [0.15, 0.2) is 24.3 Å². The number of carbonyl (C=O) groups is 1. The Bertz CT molecular complexity index is 711. The van der Waals surface area contributed by atoms with Gasteiger partial charge in [0.1, 0.15) is 0 Å². The molecule has 3 rings (SSSR count). The first kappa shape index (κ1) is 15.0. The van der Waals surface area contributed by atoms with Crippen molar-refractivity contribution in [3.8, 4) is 0 Å². The van der Waals surface area contributed by atoms with E-state index >= 15 is 0 Å². The van der Waals surface area contributed by atoms with Crippen LogP contribution in [0.5, 0.6) is 0 Å². The molecule has 1 fully saturated rings. The molecule has 0 bridgehead atoms. The third kappa shape index (κ3) is 2.71. The van der Waals surface area contributed by atoms with E-state index in [1.807, 2.05) is 30.0 Å². The molecule has 1 atom stereocenters. The van der Waals surface area contributed by atoms with Gasteiger partial charge in [0.15, 0.2) is 0 Å². The highest BCUT2D eigenvalue weighted by atomic mass is 16.2. The Morgan fingerprint density at radius 1 is 1.32 bits per heavy atom. The molecule has 0 saturated carbocycles. The predicted molar refractivity (Wildman–Crippen MR) is 88.9 cm³/mol. The van der Waals surface area contributed by atoms with Gasteiger partial charge in [-0.2, -0.15) is 0 Å². The minimum absolute atomic E-state index is 0.0727. The van der Waals surface area contributed by atoms with Crippen LogP contribution in [0, 0.1) is 13.8 Å². The van der Waals surface area contributed by atoms with Crippen LogP contribution in [0.1, 0.15) is 40.9 Å². The number of nitrogens with two attached hydrogens (primary N) is 1. The lowest BCUT2D eigenvalue weighted by Crippen LogP contribution is -2.47. The highest BCUT2D eigenvalue weighted by molar-refractivity contribution is 5.99. The lowest BCUT2D eigenvalue weighted by molar-refractivity contribution is 0.0622. The van der Waals surface area contributed by atoms with Crippen LogP contribution in [0.25, 0.3) is 10.9 Å². The van der Waals surface area contributed by atoms with Crippen molar-refractivity contribution in [3.63, 3.8) is 0 Å². The Balaban J connectivity index is 2.00. The summed E-state index contributed by atoms with van der Waals surface area (Å²) in [6, 6.07) is 8.28. The molecule has 4 heteroatoms. The molecule has 1 unspecified atom stereocenters. The van der Waals surface area contributed by atoms with Crippen LogP contribution < -0.4 is 5.73 Å². The van der Waals surface area contributed by atoms with Gasteiger partial charge in [-0.15, -0.1) is 0 Å². The monoisotopic (exact) mass is 297 g/mol. The Labute approximate surface area is 131 Å². The molecule has 1 aromatic heterocycles. The molecule has 2 heterocycles. The Hall–Kier alpha value is -1.94. The normalized spacial score (nSPS) is 18.7. The van der Waals surface area contributed by atoms with Crippen molar-refractivity contribution in [2.75, 3.05) is 13.1 Å². The quantitative estimate of drug-likeness (QED) is 0.927. The van der Waals surface area contributed by atoms with Crippen molar-refractivity contribution in [2.24, 2.45) is 5.73 Å². The molecule has 1 amide bonds. The lowest BCUT2D eigenvalue weighted by atomic mass is 10.00. The molecule has 1 aromatic carbocycles. The van der Waals surface area contributed by atoms with Crippen molar-refractivity contribution in [2.45, 2.75) is 39.2 Å². The van der Waals surface area contributed by atoms with Crippen LogP contribution >= 0.6 is 0 Å². The van der Waals surface area contributed by atoms with Gasteiger partial charge in [0.2, 0.25) is 0 Å². The first-order chi connectivity index (χ1) is 10.6. The number of fused-ring (bicyclic) bond motifs is 1. The van der Waals surface area contributed by atoms with Gasteiger partial charge in [-0.1, -0.05) is 11.6 Å². The number of nitrogens with zero attached hydrogens (tertiary/aromatic N) is 2. The first-order valence-electron chi connectivity index (χ1n) is 7.99. The number of hydrogen-bond acceptors (Lipinski definition) is 3. The van der Waals surface area contributed by atoms with Crippen LogP contribution in [0.4, 0.5) is 0 Å². The van der Waals surface area contributed by atoms with E-state index in [4.69, 9.17) is 5.73 Å². The van der Waals surface area contributed by atoms with Crippen LogP contribution in [-0.2, 0) is 0 Å². The number of pyridine rings is 1. The predicted octanol–water partition coefficient (Wildman–Crippen LogP) is 2.81. The first-order valence-corrected chi connectivity index (χ1v) is 7.99. The topological polar surface area (TPSA) is 59.2 Å². The Kier molecular flexibility index (Phi) is 4.12. The van der Waals surface area contributed by atoms with E-state index in [1.165, 1.54) is 5.56 Å². The minimum Gasteiger partial charge on any atom is -0.334 e. The molecule has 1 aliphatic heterocycles. The van der Waals surface area contributed by atoms with Crippen molar-refractivity contribution in [1.82, 2.24) is 9.88 Å². The van der Waals surface area contributed by atoms with E-state index in [-0.39, 0.29) is 11.9 Å². The maximum Gasteiger partial charge on any atom is 0.256 e. The molecular weight excluding hydrogens is 274 g/mol. The zero-order valence-corrected chi connectivity index (χ0v) is 13.3. The number of rotatable bonds is 2. The lowest BCUT2D eigenvalue weighted by Gasteiger charge is -2.35. The maximum absolute atomic E-state index is 12.9. The SMILES string of the molecule is Cc1ccc2nc(C)c(C(=O)N3CCCCC3CN)cc2c1. The van der Waals surface area contributed by atoms with E-state index in [0.717, 1.165) is 42.4 Å². The average Bonchev–Trinajstić information content (AvgIpc) is 2.54. The van der Waals surface area contributed by atoms with Gasteiger partial charge in [0, 0.05) is 24.5 Å². The summed E-state index contributed by atoms with van der Waals surface area (Å²) in [5.41, 5.74) is 9.46. The molecule has 116 valence electrons. The smallest absolute Gasteiger partial charge is 0.256 e. The highest BCUT2D eigenvalue weighted by Crippen LogP contribution is 2.23. The number of benzene rings is 1. The standard InChI is InChI=1S/C18H23N3O/c1-12-6-7-17-14(9-12)10-16(13(2)20-17)18(22)21-8-4-3-5-15(21)11-19/h6-7,9-10,15H,3-5,8,11,19H2,1-2H3. The number of amides is 1. The second-order valence-electron chi connectivity index (χ2n) is 6.20. The summed E-state index contributed by atoms with van der Waals surface area (Å²) in [7, 11) is 0. The number of hydrogen-bond donors (Lipinski definition) is 1. The summed E-state index contributed by atoms with van der Waals surface area (Å²) in [4.78, 5) is 19.5. The summed E-state index contributed by atoms with van der Waals surface area (Å²) >= 11 is 0. The van der Waals surface area contributed by atoms with E-state index in [9.17, 15) is 4.79 Å². The summed E-state index contributed by atoms with van der Waals surface area (Å²) in [5.74, 6) is 0.0727. The van der Waals surface area contributed by atoms with Crippen LogP contribution in [0.2, 0.25) is 0 Å². The molecule has 2 N–H and O–H groups in total. The van der Waals surface area contributed by atoms with Gasteiger partial charge >= 0.3 is 0 Å². The largest absolute Gasteiger partial charge is 0.334 e. The summed E-state index contributed by atoms with van der Waals surface area (Å²) in [5, 5.41) is 1.02. The van der Waals surface area contributed by atoms with Crippen LogP contribution in [0.3, 0.4) is 0 Å². The molecule has 22 heavy (non-hydrogen) atoms. The van der Waals surface area contributed by atoms with Gasteiger partial charge in [0.25, 0.3) is 5.91 Å². The Morgan fingerprint density at radius 3 is 2.91 bits per heavy atom. The maximum atomic E-state index is 12.9. The second kappa shape index (κ2) is 6.05. The minimum atomic E-state index is 0.0727. The van der Waals surface area contributed by atoms with E-state index < -0.39 is 0 Å². The van der Waals surface area contributed by atoms with Gasteiger partial charge < -0.3 is 10.6 Å². The van der Waals surface area contributed by atoms with Crippen molar-refractivity contribution in [3.05, 3.63) is 41.1 Å². The fraction of sp³-hybridized carbons (Fsp3) is 0.444. The zero-order chi connectivity index (χ0) is 15.7. The van der Waals surface area contributed by atoms with Crippen LogP contribution in [-0.4, -0.2) is 34.9 Å². The van der Waals surface area contributed by atoms with E-state index in [0.29, 0.717) is 12.1 Å².